The summed E-state index contributed by atoms with van der Waals surface area (Å²) < 4.78 is 1.64. The van der Waals surface area contributed by atoms with Gasteiger partial charge < -0.3 is 0 Å². The van der Waals surface area contributed by atoms with E-state index < -0.39 is 0 Å². The van der Waals surface area contributed by atoms with Crippen LogP contribution in [0.4, 0.5) is 0 Å². The minimum absolute atomic E-state index is 0.0316. The molecule has 3 nitrogen and oxygen atoms in total. The van der Waals surface area contributed by atoms with Gasteiger partial charge in [0.2, 0.25) is 0 Å². The maximum Gasteiger partial charge on any atom is 0.262 e. The molecule has 3 rings (SSSR count). The molecular weight excluding hydrogens is 300 g/mol. The monoisotopic (exact) mass is 316 g/mol. The van der Waals surface area contributed by atoms with Crippen LogP contribution in [-0.4, -0.2) is 9.55 Å². The Morgan fingerprint density at radius 1 is 1.24 bits per heavy atom. The number of thioether (sulfide) groups is 1. The second kappa shape index (κ2) is 5.66. The predicted molar refractivity (Wildman–Crippen MR) is 90.3 cm³/mol. The van der Waals surface area contributed by atoms with Crippen molar-refractivity contribution in [3.05, 3.63) is 56.7 Å². The first-order valence-corrected chi connectivity index (χ1v) is 8.55. The number of thiophene rings is 1. The van der Waals surface area contributed by atoms with E-state index in [4.69, 9.17) is 0 Å². The van der Waals surface area contributed by atoms with Gasteiger partial charge in [0.15, 0.2) is 5.16 Å². The van der Waals surface area contributed by atoms with Crippen molar-refractivity contribution in [1.29, 1.82) is 0 Å². The molecule has 0 amide bonds. The molecule has 0 aliphatic carbocycles. The normalized spacial score (nSPS) is 11.2. The Morgan fingerprint density at radius 2 is 1.95 bits per heavy atom. The molecule has 108 valence electrons. The van der Waals surface area contributed by atoms with Crippen molar-refractivity contribution in [1.82, 2.24) is 9.55 Å². The lowest BCUT2D eigenvalue weighted by molar-refractivity contribution is 0.728. The van der Waals surface area contributed by atoms with Gasteiger partial charge in [0.1, 0.15) is 4.83 Å². The molecule has 3 aromatic rings. The van der Waals surface area contributed by atoms with Crippen LogP contribution in [0.1, 0.15) is 16.7 Å². The number of aryl methyl sites for hydroxylation is 2. The van der Waals surface area contributed by atoms with E-state index in [1.165, 1.54) is 28.0 Å². The van der Waals surface area contributed by atoms with Crippen molar-refractivity contribution in [2.24, 2.45) is 7.05 Å². The molecule has 2 heterocycles. The quantitative estimate of drug-likeness (QED) is 0.543. The summed E-state index contributed by atoms with van der Waals surface area (Å²) in [6.07, 6.45) is 0. The molecular formula is C16H16N2OS2. The Bertz CT molecular complexity index is 844. The summed E-state index contributed by atoms with van der Waals surface area (Å²) >= 11 is 3.12. The van der Waals surface area contributed by atoms with E-state index in [0.29, 0.717) is 5.39 Å². The number of fused-ring (bicyclic) bond motifs is 1. The molecule has 0 spiro atoms. The van der Waals surface area contributed by atoms with Gasteiger partial charge in [-0.05, 0) is 30.9 Å². The SMILES string of the molecule is Cc1cc(C)cc(CSc2nc3sccc3c(=O)n2C)c1. The molecule has 0 saturated heterocycles. The van der Waals surface area contributed by atoms with Gasteiger partial charge in [0.25, 0.3) is 5.56 Å². The highest BCUT2D eigenvalue weighted by Gasteiger charge is 2.10. The van der Waals surface area contributed by atoms with E-state index >= 15 is 0 Å². The molecule has 0 aliphatic rings. The van der Waals surface area contributed by atoms with Crippen molar-refractivity contribution in [2.75, 3.05) is 0 Å². The van der Waals surface area contributed by atoms with Gasteiger partial charge in [-0.1, -0.05) is 41.1 Å². The van der Waals surface area contributed by atoms with Gasteiger partial charge in [-0.2, -0.15) is 0 Å². The number of nitrogens with zero attached hydrogens (tertiary/aromatic N) is 2. The van der Waals surface area contributed by atoms with E-state index in [2.05, 4.69) is 37.0 Å². The highest BCUT2D eigenvalue weighted by molar-refractivity contribution is 7.98. The zero-order chi connectivity index (χ0) is 15.0. The Hall–Kier alpha value is -1.59. The van der Waals surface area contributed by atoms with Crippen LogP contribution in [0.5, 0.6) is 0 Å². The first kappa shape index (κ1) is 14.4. The third-order valence-electron chi connectivity index (χ3n) is 3.31. The van der Waals surface area contributed by atoms with Crippen LogP contribution in [0, 0.1) is 13.8 Å². The first-order chi connectivity index (χ1) is 10.0. The Morgan fingerprint density at radius 3 is 2.67 bits per heavy atom. The highest BCUT2D eigenvalue weighted by Crippen LogP contribution is 2.24. The fraction of sp³-hybridized carbons (Fsp3) is 0.250. The summed E-state index contributed by atoms with van der Waals surface area (Å²) in [5.41, 5.74) is 3.82. The molecule has 21 heavy (non-hydrogen) atoms. The summed E-state index contributed by atoms with van der Waals surface area (Å²) in [5, 5.41) is 3.39. The predicted octanol–water partition coefficient (Wildman–Crippen LogP) is 3.90. The molecule has 0 N–H and O–H groups in total. The van der Waals surface area contributed by atoms with Crippen molar-refractivity contribution in [2.45, 2.75) is 24.8 Å². The Kier molecular flexibility index (Phi) is 3.87. The largest absolute Gasteiger partial charge is 0.290 e. The van der Waals surface area contributed by atoms with Gasteiger partial charge in [0, 0.05) is 12.8 Å². The summed E-state index contributed by atoms with van der Waals surface area (Å²) in [7, 11) is 1.79. The lowest BCUT2D eigenvalue weighted by Crippen LogP contribution is -2.19. The second-order valence-electron chi connectivity index (χ2n) is 5.18. The first-order valence-electron chi connectivity index (χ1n) is 6.69. The lowest BCUT2D eigenvalue weighted by atomic mass is 10.1. The zero-order valence-corrected chi connectivity index (χ0v) is 13.8. The third kappa shape index (κ3) is 2.89. The van der Waals surface area contributed by atoms with E-state index in [0.717, 1.165) is 15.7 Å². The number of benzene rings is 1. The number of hydrogen-bond donors (Lipinski definition) is 0. The summed E-state index contributed by atoms with van der Waals surface area (Å²) in [4.78, 5) is 17.7. The van der Waals surface area contributed by atoms with Gasteiger partial charge >= 0.3 is 0 Å². The van der Waals surface area contributed by atoms with Crippen LogP contribution in [0.2, 0.25) is 0 Å². The van der Waals surface area contributed by atoms with Crippen molar-refractivity contribution in [3.8, 4) is 0 Å². The number of rotatable bonds is 3. The molecule has 2 aromatic heterocycles. The topological polar surface area (TPSA) is 34.9 Å². The average Bonchev–Trinajstić information content (AvgIpc) is 2.88. The molecule has 0 fully saturated rings. The third-order valence-corrected chi connectivity index (χ3v) is 5.22. The highest BCUT2D eigenvalue weighted by atomic mass is 32.2. The standard InChI is InChI=1S/C16H16N2OS2/c1-10-6-11(2)8-12(7-10)9-21-16-17-14-13(4-5-20-14)15(19)18(16)3/h4-8H,9H2,1-3H3. The minimum atomic E-state index is 0.0316. The van der Waals surface area contributed by atoms with Crippen molar-refractivity contribution in [3.63, 3.8) is 0 Å². The van der Waals surface area contributed by atoms with Gasteiger partial charge in [-0.3, -0.25) is 9.36 Å². The Balaban J connectivity index is 1.91. The fourth-order valence-corrected chi connectivity index (χ4v) is 4.12. The maximum atomic E-state index is 12.2. The average molecular weight is 316 g/mol. The van der Waals surface area contributed by atoms with Crippen LogP contribution in [-0.2, 0) is 12.8 Å². The van der Waals surface area contributed by atoms with E-state index in [9.17, 15) is 4.79 Å². The maximum absolute atomic E-state index is 12.2. The van der Waals surface area contributed by atoms with Gasteiger partial charge in [-0.25, -0.2) is 4.98 Å². The summed E-state index contributed by atoms with van der Waals surface area (Å²) in [6.45, 7) is 4.21. The Labute approximate surface area is 131 Å². The molecule has 0 radical (unpaired) electrons. The fourth-order valence-electron chi connectivity index (χ4n) is 2.41. The molecule has 5 heteroatoms. The molecule has 0 atom stereocenters. The second-order valence-corrected chi connectivity index (χ2v) is 7.02. The van der Waals surface area contributed by atoms with Gasteiger partial charge in [-0.15, -0.1) is 11.3 Å². The number of aromatic nitrogens is 2. The molecule has 0 bridgehead atoms. The van der Waals surface area contributed by atoms with Crippen LogP contribution in [0.15, 0.2) is 39.6 Å². The molecule has 0 aliphatic heterocycles. The number of hydrogen-bond acceptors (Lipinski definition) is 4. The van der Waals surface area contributed by atoms with Crippen molar-refractivity contribution < 1.29 is 0 Å². The van der Waals surface area contributed by atoms with Crippen LogP contribution < -0.4 is 5.56 Å². The van der Waals surface area contributed by atoms with Crippen LogP contribution in [0.25, 0.3) is 10.2 Å². The van der Waals surface area contributed by atoms with Gasteiger partial charge in [0.05, 0.1) is 5.39 Å². The van der Waals surface area contributed by atoms with Crippen LogP contribution >= 0.6 is 23.1 Å². The molecule has 0 saturated carbocycles. The molecule has 1 aromatic carbocycles. The summed E-state index contributed by atoms with van der Waals surface area (Å²) in [5.74, 6) is 0.819. The van der Waals surface area contributed by atoms with Crippen LogP contribution in [0.3, 0.4) is 0 Å². The lowest BCUT2D eigenvalue weighted by Gasteiger charge is -2.08. The molecule has 0 unspecified atom stereocenters. The zero-order valence-electron chi connectivity index (χ0n) is 12.2. The summed E-state index contributed by atoms with van der Waals surface area (Å²) in [6, 6.07) is 8.37. The van der Waals surface area contributed by atoms with E-state index in [1.54, 1.807) is 23.4 Å². The van der Waals surface area contributed by atoms with E-state index in [1.807, 2.05) is 11.4 Å². The minimum Gasteiger partial charge on any atom is -0.290 e. The van der Waals surface area contributed by atoms with E-state index in [-0.39, 0.29) is 5.56 Å². The smallest absolute Gasteiger partial charge is 0.262 e. The van der Waals surface area contributed by atoms with Crippen molar-refractivity contribution >= 4 is 33.3 Å².